The fourth-order valence-corrected chi connectivity index (χ4v) is 2.24. The van der Waals surface area contributed by atoms with Crippen molar-refractivity contribution >= 4 is 0 Å². The second kappa shape index (κ2) is 7.48. The third kappa shape index (κ3) is 3.10. The van der Waals surface area contributed by atoms with Crippen LogP contribution in [0.4, 0.5) is 0 Å². The van der Waals surface area contributed by atoms with Gasteiger partial charge in [0.05, 0.1) is 5.69 Å². The first-order chi connectivity index (χ1) is 7.70. The normalized spacial score (nSPS) is 17.6. The van der Waals surface area contributed by atoms with Gasteiger partial charge in [-0.1, -0.05) is 34.6 Å². The molecule has 0 saturated carbocycles. The first kappa shape index (κ1) is 15.2. The van der Waals surface area contributed by atoms with Crippen LogP contribution >= 0.6 is 0 Å². The Balaban J connectivity index is 0.000000509. The van der Waals surface area contributed by atoms with Crippen molar-refractivity contribution < 1.29 is 0 Å². The van der Waals surface area contributed by atoms with Gasteiger partial charge in [-0.15, -0.1) is 0 Å². The highest BCUT2D eigenvalue weighted by molar-refractivity contribution is 5.30. The zero-order chi connectivity index (χ0) is 12.7. The van der Waals surface area contributed by atoms with E-state index in [1.807, 2.05) is 39.4 Å². The topological polar surface area (TPSA) is 17.8 Å². The SMILES string of the molecule is CC.CC.Cc1c2c(nn1C)CCCC2C. The van der Waals surface area contributed by atoms with E-state index in [2.05, 4.69) is 18.9 Å². The van der Waals surface area contributed by atoms with Crippen molar-refractivity contribution in [2.75, 3.05) is 0 Å². The van der Waals surface area contributed by atoms with E-state index in [1.54, 1.807) is 0 Å². The highest BCUT2D eigenvalue weighted by Crippen LogP contribution is 2.32. The highest BCUT2D eigenvalue weighted by Gasteiger charge is 2.22. The maximum absolute atomic E-state index is 4.52. The summed E-state index contributed by atoms with van der Waals surface area (Å²) in [5.74, 6) is 0.724. The minimum atomic E-state index is 0.724. The lowest BCUT2D eigenvalue weighted by Gasteiger charge is -2.17. The van der Waals surface area contributed by atoms with Crippen LogP contribution in [0.25, 0.3) is 0 Å². The summed E-state index contributed by atoms with van der Waals surface area (Å²) in [6.07, 6.45) is 3.82. The van der Waals surface area contributed by atoms with Gasteiger partial charge >= 0.3 is 0 Å². The molecule has 1 aromatic heterocycles. The molecular weight excluding hydrogens is 196 g/mol. The summed E-state index contributed by atoms with van der Waals surface area (Å²) in [6, 6.07) is 0. The van der Waals surface area contributed by atoms with Crippen molar-refractivity contribution in [2.45, 2.75) is 66.7 Å². The summed E-state index contributed by atoms with van der Waals surface area (Å²) in [5.41, 5.74) is 4.22. The molecule has 1 unspecified atom stereocenters. The highest BCUT2D eigenvalue weighted by atomic mass is 15.3. The summed E-state index contributed by atoms with van der Waals surface area (Å²) < 4.78 is 2.02. The quantitative estimate of drug-likeness (QED) is 0.645. The Kier molecular flexibility index (Phi) is 7.11. The zero-order valence-corrected chi connectivity index (χ0v) is 12.1. The van der Waals surface area contributed by atoms with E-state index in [1.165, 1.54) is 36.2 Å². The summed E-state index contributed by atoms with van der Waals surface area (Å²) in [5, 5.41) is 4.52. The van der Waals surface area contributed by atoms with Crippen molar-refractivity contribution in [3.8, 4) is 0 Å². The maximum atomic E-state index is 4.52. The molecule has 0 fully saturated rings. The van der Waals surface area contributed by atoms with E-state index in [0.29, 0.717) is 0 Å². The van der Waals surface area contributed by atoms with Crippen LogP contribution in [0.15, 0.2) is 0 Å². The van der Waals surface area contributed by atoms with Crippen LogP contribution in [-0.2, 0) is 13.5 Å². The van der Waals surface area contributed by atoms with Crippen molar-refractivity contribution in [3.63, 3.8) is 0 Å². The molecule has 0 N–H and O–H groups in total. The van der Waals surface area contributed by atoms with Crippen LogP contribution < -0.4 is 0 Å². The summed E-state index contributed by atoms with van der Waals surface area (Å²) in [7, 11) is 2.04. The molecule has 0 spiro atoms. The fourth-order valence-electron chi connectivity index (χ4n) is 2.24. The third-order valence-corrected chi connectivity index (χ3v) is 3.00. The smallest absolute Gasteiger partial charge is 0.0661 e. The molecule has 94 valence electrons. The number of aromatic nitrogens is 2. The molecule has 0 bridgehead atoms. The lowest BCUT2D eigenvalue weighted by atomic mass is 9.87. The predicted molar refractivity (Wildman–Crippen MR) is 72.0 cm³/mol. The monoisotopic (exact) mass is 224 g/mol. The molecule has 1 atom stereocenters. The fraction of sp³-hybridized carbons (Fsp3) is 0.786. The lowest BCUT2D eigenvalue weighted by Crippen LogP contribution is -2.05. The Hall–Kier alpha value is -0.790. The van der Waals surface area contributed by atoms with Gasteiger partial charge in [-0.25, -0.2) is 0 Å². The number of hydrogen-bond acceptors (Lipinski definition) is 1. The van der Waals surface area contributed by atoms with Crippen LogP contribution in [0, 0.1) is 6.92 Å². The van der Waals surface area contributed by atoms with Crippen molar-refractivity contribution in [1.82, 2.24) is 9.78 Å². The Bertz CT molecular complexity index is 300. The molecular formula is C14H28N2. The van der Waals surface area contributed by atoms with Gasteiger partial charge in [0.1, 0.15) is 0 Å². The van der Waals surface area contributed by atoms with Gasteiger partial charge in [0.2, 0.25) is 0 Å². The lowest BCUT2D eigenvalue weighted by molar-refractivity contribution is 0.582. The molecule has 0 radical (unpaired) electrons. The molecule has 0 saturated heterocycles. The van der Waals surface area contributed by atoms with Gasteiger partial charge in [-0.05, 0) is 37.7 Å². The molecule has 1 aliphatic carbocycles. The van der Waals surface area contributed by atoms with E-state index in [4.69, 9.17) is 0 Å². The minimum Gasteiger partial charge on any atom is -0.272 e. The summed E-state index contributed by atoms with van der Waals surface area (Å²) >= 11 is 0. The van der Waals surface area contributed by atoms with Gasteiger partial charge in [0, 0.05) is 12.7 Å². The van der Waals surface area contributed by atoms with Crippen molar-refractivity contribution in [1.29, 1.82) is 0 Å². The largest absolute Gasteiger partial charge is 0.272 e. The van der Waals surface area contributed by atoms with Crippen LogP contribution in [0.1, 0.15) is 70.3 Å². The van der Waals surface area contributed by atoms with Crippen LogP contribution in [0.2, 0.25) is 0 Å². The van der Waals surface area contributed by atoms with Gasteiger partial charge in [0.15, 0.2) is 0 Å². The minimum absolute atomic E-state index is 0.724. The second-order valence-corrected chi connectivity index (χ2v) is 3.86. The van der Waals surface area contributed by atoms with E-state index in [-0.39, 0.29) is 0 Å². The molecule has 0 aliphatic heterocycles. The average molecular weight is 224 g/mol. The average Bonchev–Trinajstić information content (AvgIpc) is 2.62. The number of nitrogens with zero attached hydrogens (tertiary/aromatic N) is 2. The van der Waals surface area contributed by atoms with E-state index < -0.39 is 0 Å². The van der Waals surface area contributed by atoms with Gasteiger partial charge in [-0.2, -0.15) is 5.10 Å². The van der Waals surface area contributed by atoms with E-state index in [0.717, 1.165) is 5.92 Å². The third-order valence-electron chi connectivity index (χ3n) is 3.00. The van der Waals surface area contributed by atoms with Crippen molar-refractivity contribution in [2.24, 2.45) is 7.05 Å². The molecule has 2 nitrogen and oxygen atoms in total. The molecule has 1 aromatic rings. The zero-order valence-electron chi connectivity index (χ0n) is 12.1. The van der Waals surface area contributed by atoms with Crippen LogP contribution in [0.5, 0.6) is 0 Å². The Morgan fingerprint density at radius 2 is 1.75 bits per heavy atom. The van der Waals surface area contributed by atoms with Crippen LogP contribution in [-0.4, -0.2) is 9.78 Å². The number of rotatable bonds is 0. The van der Waals surface area contributed by atoms with Crippen molar-refractivity contribution in [3.05, 3.63) is 17.0 Å². The molecule has 0 aromatic carbocycles. The molecule has 0 amide bonds. The van der Waals surface area contributed by atoms with E-state index >= 15 is 0 Å². The summed E-state index contributed by atoms with van der Waals surface area (Å²) in [4.78, 5) is 0. The molecule has 2 rings (SSSR count). The Morgan fingerprint density at radius 3 is 2.25 bits per heavy atom. The maximum Gasteiger partial charge on any atom is 0.0661 e. The van der Waals surface area contributed by atoms with E-state index in [9.17, 15) is 0 Å². The summed E-state index contributed by atoms with van der Waals surface area (Å²) in [6.45, 7) is 12.5. The molecule has 2 heteroatoms. The first-order valence-electron chi connectivity index (χ1n) is 6.72. The van der Waals surface area contributed by atoms with Gasteiger partial charge < -0.3 is 0 Å². The Morgan fingerprint density at radius 1 is 1.19 bits per heavy atom. The first-order valence-corrected chi connectivity index (χ1v) is 6.72. The van der Waals surface area contributed by atoms with Crippen LogP contribution in [0.3, 0.4) is 0 Å². The Labute approximate surface area is 101 Å². The predicted octanol–water partition coefficient (Wildman–Crippen LogP) is 4.22. The molecule has 1 aliphatic rings. The molecule has 1 heterocycles. The van der Waals surface area contributed by atoms with Gasteiger partial charge in [-0.3, -0.25) is 4.68 Å². The van der Waals surface area contributed by atoms with Gasteiger partial charge in [0.25, 0.3) is 0 Å². The number of hydrogen-bond donors (Lipinski definition) is 0. The standard InChI is InChI=1S/C10H16N2.2C2H6/c1-7-5-4-6-9-10(7)8(2)12(3)11-9;2*1-2/h7H,4-6H2,1-3H3;2*1-2H3. The second-order valence-electron chi connectivity index (χ2n) is 3.86. The molecule has 16 heavy (non-hydrogen) atoms. The number of aryl methyl sites for hydroxylation is 2. The number of fused-ring (bicyclic) bond motifs is 1.